The van der Waals surface area contributed by atoms with Crippen molar-refractivity contribution >= 4 is 39.9 Å². The van der Waals surface area contributed by atoms with E-state index in [1.165, 1.54) is 11.3 Å². The van der Waals surface area contributed by atoms with Gasteiger partial charge in [0, 0.05) is 22.6 Å². The van der Waals surface area contributed by atoms with E-state index in [0.717, 1.165) is 11.1 Å². The molecule has 1 atom stereocenters. The number of fused-ring (bicyclic) bond motifs is 1. The Morgan fingerprint density at radius 2 is 1.80 bits per heavy atom. The molecule has 4 aromatic rings. The van der Waals surface area contributed by atoms with Crippen molar-refractivity contribution in [1.82, 2.24) is 15.5 Å². The molecule has 0 bridgehead atoms. The molecule has 1 aliphatic rings. The Balaban J connectivity index is 1.33. The molecular formula is C25H19ClN4O4S. The predicted octanol–water partition coefficient (Wildman–Crippen LogP) is 4.57. The molecule has 1 aliphatic heterocycles. The maximum atomic E-state index is 13.2. The second-order valence-electron chi connectivity index (χ2n) is 7.70. The van der Waals surface area contributed by atoms with E-state index in [-0.39, 0.29) is 6.79 Å². The number of carbonyl (C=O) groups is 2. The standard InChI is InChI=1S/C25H19ClN4O4S/c26-18-8-4-7-17(12-18)24-29-30-25(35-24)28-23(32)19(11-15-5-2-1-3-6-15)27-22(31)16-9-10-20-21(13-16)34-14-33-20/h1-10,12-13,19H,11,14H2,(H,27,31)(H,28,30,32). The monoisotopic (exact) mass is 506 g/mol. The normalized spacial score (nSPS) is 12.7. The van der Waals surface area contributed by atoms with Crippen molar-refractivity contribution in [2.45, 2.75) is 12.5 Å². The fourth-order valence-corrected chi connectivity index (χ4v) is 4.48. The van der Waals surface area contributed by atoms with Gasteiger partial charge in [-0.1, -0.05) is 65.4 Å². The van der Waals surface area contributed by atoms with Gasteiger partial charge in [-0.15, -0.1) is 10.2 Å². The molecule has 1 unspecified atom stereocenters. The molecule has 5 rings (SSSR count). The van der Waals surface area contributed by atoms with Crippen molar-refractivity contribution in [3.05, 3.63) is 88.9 Å². The Bertz CT molecular complexity index is 1380. The molecule has 0 saturated heterocycles. The lowest BCUT2D eigenvalue weighted by Crippen LogP contribution is -2.45. The van der Waals surface area contributed by atoms with E-state index >= 15 is 0 Å². The minimum Gasteiger partial charge on any atom is -0.454 e. The maximum absolute atomic E-state index is 13.2. The lowest BCUT2D eigenvalue weighted by Gasteiger charge is -2.18. The summed E-state index contributed by atoms with van der Waals surface area (Å²) >= 11 is 7.29. The van der Waals surface area contributed by atoms with Crippen LogP contribution in [0.5, 0.6) is 11.5 Å². The third kappa shape index (κ3) is 5.42. The van der Waals surface area contributed by atoms with Gasteiger partial charge in [0.15, 0.2) is 11.5 Å². The minimum absolute atomic E-state index is 0.110. The molecule has 2 heterocycles. The Hall–Kier alpha value is -3.95. The molecule has 3 aromatic carbocycles. The van der Waals surface area contributed by atoms with Crippen molar-refractivity contribution in [2.75, 3.05) is 12.1 Å². The number of hydrogen-bond donors (Lipinski definition) is 2. The van der Waals surface area contributed by atoms with Crippen molar-refractivity contribution in [1.29, 1.82) is 0 Å². The van der Waals surface area contributed by atoms with Crippen molar-refractivity contribution in [3.8, 4) is 22.1 Å². The molecule has 2 amide bonds. The van der Waals surface area contributed by atoms with Crippen LogP contribution in [0.15, 0.2) is 72.8 Å². The van der Waals surface area contributed by atoms with Gasteiger partial charge in [0.05, 0.1) is 0 Å². The summed E-state index contributed by atoms with van der Waals surface area (Å²) in [5, 5.41) is 15.4. The van der Waals surface area contributed by atoms with Crippen LogP contribution in [0.25, 0.3) is 10.6 Å². The number of ether oxygens (including phenoxy) is 2. The fourth-order valence-electron chi connectivity index (χ4n) is 3.54. The van der Waals surface area contributed by atoms with Gasteiger partial charge in [-0.3, -0.25) is 14.9 Å². The predicted molar refractivity (Wildman–Crippen MR) is 133 cm³/mol. The molecule has 8 nitrogen and oxygen atoms in total. The van der Waals surface area contributed by atoms with Crippen LogP contribution < -0.4 is 20.1 Å². The number of benzene rings is 3. The van der Waals surface area contributed by atoms with Crippen molar-refractivity contribution in [2.24, 2.45) is 0 Å². The highest BCUT2D eigenvalue weighted by molar-refractivity contribution is 7.18. The molecule has 1 aromatic heterocycles. The summed E-state index contributed by atoms with van der Waals surface area (Å²) in [6.45, 7) is 0.110. The highest BCUT2D eigenvalue weighted by atomic mass is 35.5. The van der Waals surface area contributed by atoms with Gasteiger partial charge in [-0.2, -0.15) is 0 Å². The van der Waals surface area contributed by atoms with E-state index in [1.54, 1.807) is 30.3 Å². The molecule has 35 heavy (non-hydrogen) atoms. The molecule has 0 aliphatic carbocycles. The topological polar surface area (TPSA) is 102 Å². The second kappa shape index (κ2) is 10.1. The molecule has 0 fully saturated rings. The number of anilines is 1. The molecular weight excluding hydrogens is 488 g/mol. The number of carbonyl (C=O) groups excluding carboxylic acids is 2. The average Bonchev–Trinajstić information content (AvgIpc) is 3.53. The smallest absolute Gasteiger partial charge is 0.252 e. The quantitative estimate of drug-likeness (QED) is 0.381. The summed E-state index contributed by atoms with van der Waals surface area (Å²) in [6, 6.07) is 20.7. The zero-order chi connectivity index (χ0) is 24.2. The van der Waals surface area contributed by atoms with E-state index in [4.69, 9.17) is 21.1 Å². The van der Waals surface area contributed by atoms with Gasteiger partial charge < -0.3 is 14.8 Å². The van der Waals surface area contributed by atoms with Crippen LogP contribution in [0, 0.1) is 0 Å². The number of nitrogens with one attached hydrogen (secondary N) is 2. The number of nitrogens with zero attached hydrogens (tertiary/aromatic N) is 2. The van der Waals surface area contributed by atoms with Crippen molar-refractivity contribution in [3.63, 3.8) is 0 Å². The van der Waals surface area contributed by atoms with Crippen LogP contribution in [0.3, 0.4) is 0 Å². The first-order valence-electron chi connectivity index (χ1n) is 10.7. The van der Waals surface area contributed by atoms with Crippen LogP contribution in [0.4, 0.5) is 5.13 Å². The van der Waals surface area contributed by atoms with Gasteiger partial charge in [-0.05, 0) is 35.9 Å². The molecule has 0 saturated carbocycles. The van der Waals surface area contributed by atoms with E-state index in [0.29, 0.717) is 38.6 Å². The summed E-state index contributed by atoms with van der Waals surface area (Å²) in [7, 11) is 0. The molecule has 0 radical (unpaired) electrons. The minimum atomic E-state index is -0.853. The Kier molecular flexibility index (Phi) is 6.60. The maximum Gasteiger partial charge on any atom is 0.252 e. The summed E-state index contributed by atoms with van der Waals surface area (Å²) < 4.78 is 10.7. The first-order valence-corrected chi connectivity index (χ1v) is 11.9. The fraction of sp³-hybridized carbons (Fsp3) is 0.120. The first kappa shape index (κ1) is 22.8. The van der Waals surface area contributed by atoms with Gasteiger partial charge in [0.2, 0.25) is 17.8 Å². The summed E-state index contributed by atoms with van der Waals surface area (Å²) in [5.74, 6) is 0.254. The largest absolute Gasteiger partial charge is 0.454 e. The van der Waals surface area contributed by atoms with Crippen LogP contribution >= 0.6 is 22.9 Å². The first-order chi connectivity index (χ1) is 17.0. The van der Waals surface area contributed by atoms with Crippen LogP contribution in [-0.2, 0) is 11.2 Å². The van der Waals surface area contributed by atoms with Crippen molar-refractivity contribution < 1.29 is 19.1 Å². The number of rotatable bonds is 7. The zero-order valence-corrected chi connectivity index (χ0v) is 19.8. The number of amides is 2. The number of hydrogen-bond acceptors (Lipinski definition) is 7. The number of halogens is 1. The average molecular weight is 507 g/mol. The third-order valence-corrected chi connectivity index (χ3v) is 6.39. The Morgan fingerprint density at radius 1 is 0.971 bits per heavy atom. The Morgan fingerprint density at radius 3 is 2.63 bits per heavy atom. The second-order valence-corrected chi connectivity index (χ2v) is 9.11. The summed E-state index contributed by atoms with van der Waals surface area (Å²) in [6.07, 6.45) is 0.295. The van der Waals surface area contributed by atoms with Gasteiger partial charge in [-0.25, -0.2) is 0 Å². The molecule has 2 N–H and O–H groups in total. The SMILES string of the molecule is O=C(NC(Cc1ccccc1)C(=O)Nc1nnc(-c2cccc(Cl)c2)s1)c1ccc2c(c1)OCO2. The van der Waals surface area contributed by atoms with E-state index in [1.807, 2.05) is 42.5 Å². The zero-order valence-electron chi connectivity index (χ0n) is 18.2. The lowest BCUT2D eigenvalue weighted by atomic mass is 10.0. The van der Waals surface area contributed by atoms with Gasteiger partial charge in [0.1, 0.15) is 11.0 Å². The number of aromatic nitrogens is 2. The highest BCUT2D eigenvalue weighted by Crippen LogP contribution is 2.32. The molecule has 10 heteroatoms. The van der Waals surface area contributed by atoms with Gasteiger partial charge >= 0.3 is 0 Å². The Labute approximate surface area is 209 Å². The van der Waals surface area contributed by atoms with Crippen LogP contribution in [-0.4, -0.2) is 34.8 Å². The van der Waals surface area contributed by atoms with E-state index in [2.05, 4.69) is 20.8 Å². The molecule has 176 valence electrons. The van der Waals surface area contributed by atoms with Crippen LogP contribution in [0.2, 0.25) is 5.02 Å². The molecule has 0 spiro atoms. The summed E-state index contributed by atoms with van der Waals surface area (Å²) in [4.78, 5) is 26.2. The van der Waals surface area contributed by atoms with E-state index < -0.39 is 17.9 Å². The third-order valence-electron chi connectivity index (χ3n) is 5.27. The van der Waals surface area contributed by atoms with Gasteiger partial charge in [0.25, 0.3) is 5.91 Å². The van der Waals surface area contributed by atoms with E-state index in [9.17, 15) is 9.59 Å². The highest BCUT2D eigenvalue weighted by Gasteiger charge is 2.25. The summed E-state index contributed by atoms with van der Waals surface area (Å²) in [5.41, 5.74) is 2.06. The lowest BCUT2D eigenvalue weighted by molar-refractivity contribution is -0.118. The van der Waals surface area contributed by atoms with Crippen LogP contribution in [0.1, 0.15) is 15.9 Å².